The Morgan fingerprint density at radius 2 is 2.00 bits per heavy atom. The number of ether oxygens (including phenoxy) is 1. The first-order valence-corrected chi connectivity index (χ1v) is 7.55. The summed E-state index contributed by atoms with van der Waals surface area (Å²) in [4.78, 5) is 1.32. The highest BCUT2D eigenvalue weighted by atomic mass is 32.2. The summed E-state index contributed by atoms with van der Waals surface area (Å²) in [5.74, 6) is 1.00. The van der Waals surface area contributed by atoms with Crippen LogP contribution in [0.5, 0.6) is 5.75 Å². The lowest BCUT2D eigenvalue weighted by atomic mass is 10.1. The van der Waals surface area contributed by atoms with E-state index in [1.54, 1.807) is 0 Å². The van der Waals surface area contributed by atoms with E-state index in [2.05, 4.69) is 47.9 Å². The molecule has 4 rings (SSSR count). The van der Waals surface area contributed by atoms with Crippen LogP contribution < -0.4 is 10.1 Å². The molecule has 1 N–H and O–H groups in total. The molecule has 1 aromatic carbocycles. The van der Waals surface area contributed by atoms with Gasteiger partial charge in [0.05, 0.1) is 11.4 Å². The van der Waals surface area contributed by atoms with Gasteiger partial charge in [0, 0.05) is 17.3 Å². The lowest BCUT2D eigenvalue weighted by Gasteiger charge is -2.10. The van der Waals surface area contributed by atoms with Crippen LogP contribution in [0, 0.1) is 0 Å². The van der Waals surface area contributed by atoms with Crippen LogP contribution in [0.3, 0.4) is 0 Å². The lowest BCUT2D eigenvalue weighted by molar-refractivity contribution is 0.303. The molecule has 1 fully saturated rings. The van der Waals surface area contributed by atoms with Crippen molar-refractivity contribution in [1.82, 2.24) is 5.32 Å². The molecule has 0 amide bonds. The van der Waals surface area contributed by atoms with Gasteiger partial charge in [-0.25, -0.2) is 0 Å². The summed E-state index contributed by atoms with van der Waals surface area (Å²) >= 11 is 1.89. The van der Waals surface area contributed by atoms with Crippen molar-refractivity contribution in [2.24, 2.45) is 0 Å². The van der Waals surface area contributed by atoms with Crippen molar-refractivity contribution in [2.45, 2.75) is 24.2 Å². The van der Waals surface area contributed by atoms with Gasteiger partial charge in [0.1, 0.15) is 5.75 Å². The average molecular weight is 269 g/mol. The van der Waals surface area contributed by atoms with Crippen LogP contribution in [-0.2, 0) is 0 Å². The van der Waals surface area contributed by atoms with Crippen molar-refractivity contribution in [2.75, 3.05) is 0 Å². The normalized spacial score (nSPS) is 24.3. The Labute approximate surface area is 117 Å². The first-order valence-electron chi connectivity index (χ1n) is 6.67. The fraction of sp³-hybridized carbons (Fsp3) is 0.250. The van der Waals surface area contributed by atoms with Gasteiger partial charge in [0.2, 0.25) is 0 Å². The zero-order valence-electron chi connectivity index (χ0n) is 10.5. The minimum absolute atomic E-state index is 0.417. The second-order valence-electron chi connectivity index (χ2n) is 5.06. The second-order valence-corrected chi connectivity index (χ2v) is 6.24. The Morgan fingerprint density at radius 3 is 2.74 bits per heavy atom. The van der Waals surface area contributed by atoms with Gasteiger partial charge in [-0.3, -0.25) is 0 Å². The van der Waals surface area contributed by atoms with Crippen LogP contribution in [0.1, 0.15) is 23.7 Å². The van der Waals surface area contributed by atoms with E-state index in [0.717, 1.165) is 5.75 Å². The maximum Gasteiger partial charge on any atom is 0.119 e. The number of fused-ring (bicyclic) bond motifs is 1. The number of thioether (sulfide) groups is 1. The highest BCUT2D eigenvalue weighted by Gasteiger charge is 2.24. The first kappa shape index (κ1) is 11.2. The van der Waals surface area contributed by atoms with Gasteiger partial charge >= 0.3 is 0 Å². The molecule has 1 atom stereocenters. The maximum absolute atomic E-state index is 5.78. The maximum atomic E-state index is 5.78. The Morgan fingerprint density at radius 1 is 1.16 bits per heavy atom. The molecular weight excluding hydrogens is 254 g/mol. The number of benzene rings is 1. The van der Waals surface area contributed by atoms with Crippen molar-refractivity contribution in [3.05, 3.63) is 64.9 Å². The van der Waals surface area contributed by atoms with Crippen LogP contribution in [0.2, 0.25) is 0 Å². The third kappa shape index (κ3) is 2.30. The Bertz CT molecular complexity index is 581. The Balaban J connectivity index is 1.53. The topological polar surface area (TPSA) is 21.3 Å². The molecule has 0 bridgehead atoms. The number of nitrogens with one attached hydrogen (secondary N) is 1. The fourth-order valence-electron chi connectivity index (χ4n) is 2.28. The zero-order valence-corrected chi connectivity index (χ0v) is 11.3. The van der Waals surface area contributed by atoms with E-state index in [1.165, 1.54) is 28.9 Å². The molecule has 2 nitrogen and oxygen atoms in total. The van der Waals surface area contributed by atoms with E-state index in [4.69, 9.17) is 4.74 Å². The number of dihydropyridines is 1. The van der Waals surface area contributed by atoms with Gasteiger partial charge in [-0.15, -0.1) is 11.8 Å². The molecule has 0 saturated heterocycles. The summed E-state index contributed by atoms with van der Waals surface area (Å²) in [6.45, 7) is 0. The van der Waals surface area contributed by atoms with E-state index in [9.17, 15) is 0 Å². The van der Waals surface area contributed by atoms with E-state index in [1.807, 2.05) is 18.0 Å². The predicted octanol–water partition coefficient (Wildman–Crippen LogP) is 3.90. The third-order valence-corrected chi connectivity index (χ3v) is 4.75. The molecule has 3 aliphatic rings. The largest absolute Gasteiger partial charge is 0.490 e. The second kappa shape index (κ2) is 4.49. The predicted molar refractivity (Wildman–Crippen MR) is 78.9 cm³/mol. The van der Waals surface area contributed by atoms with Crippen LogP contribution in [-0.4, -0.2) is 6.10 Å². The van der Waals surface area contributed by atoms with Crippen molar-refractivity contribution in [1.29, 1.82) is 0 Å². The molecule has 1 aliphatic carbocycles. The van der Waals surface area contributed by atoms with E-state index >= 15 is 0 Å². The number of hydrogen-bond donors (Lipinski definition) is 1. The van der Waals surface area contributed by atoms with Crippen molar-refractivity contribution >= 4 is 11.8 Å². The zero-order chi connectivity index (χ0) is 12.7. The molecule has 0 spiro atoms. The molecule has 1 saturated carbocycles. The van der Waals surface area contributed by atoms with Gasteiger partial charge in [0.25, 0.3) is 0 Å². The summed E-state index contributed by atoms with van der Waals surface area (Å²) in [6.07, 6.45) is 11.4. The average Bonchev–Trinajstić information content (AvgIpc) is 3.15. The number of hydrogen-bond acceptors (Lipinski definition) is 3. The van der Waals surface area contributed by atoms with Crippen molar-refractivity contribution in [3.63, 3.8) is 0 Å². The van der Waals surface area contributed by atoms with Crippen LogP contribution in [0.15, 0.2) is 59.3 Å². The van der Waals surface area contributed by atoms with Gasteiger partial charge in [0.15, 0.2) is 0 Å². The molecule has 0 radical (unpaired) electrons. The van der Waals surface area contributed by atoms with Gasteiger partial charge in [-0.2, -0.15) is 0 Å². The van der Waals surface area contributed by atoms with Crippen molar-refractivity contribution in [3.8, 4) is 5.75 Å². The number of allylic oxidation sites excluding steroid dienone is 2. The van der Waals surface area contributed by atoms with Crippen LogP contribution >= 0.6 is 11.8 Å². The lowest BCUT2D eigenvalue weighted by Crippen LogP contribution is -1.98. The standard InChI is InChI=1S/C16H15NOS/c1-3-13(18-14-5-6-14)4-2-11(1)15-9-12-7-8-17-10-16(12)19-15/h1-4,7-10,14-15,17H,5-6H2. The minimum atomic E-state index is 0.417. The molecule has 3 heteroatoms. The SMILES string of the molecule is C1=CC2=CC(c3ccc(OC4CC4)cc3)SC2=CN1. The van der Waals surface area contributed by atoms with Crippen molar-refractivity contribution < 1.29 is 4.74 Å². The summed E-state index contributed by atoms with van der Waals surface area (Å²) in [7, 11) is 0. The molecule has 19 heavy (non-hydrogen) atoms. The highest BCUT2D eigenvalue weighted by Crippen LogP contribution is 2.47. The molecule has 1 unspecified atom stereocenters. The quantitative estimate of drug-likeness (QED) is 0.899. The first-order chi connectivity index (χ1) is 9.38. The molecule has 0 aromatic heterocycles. The monoisotopic (exact) mass is 269 g/mol. The van der Waals surface area contributed by atoms with E-state index in [-0.39, 0.29) is 0 Å². The Hall–Kier alpha value is -1.61. The number of rotatable bonds is 3. The molecule has 1 aromatic rings. The molecule has 96 valence electrons. The summed E-state index contributed by atoms with van der Waals surface area (Å²) in [5, 5.41) is 3.56. The molecular formula is C16H15NOS. The third-order valence-electron chi connectivity index (χ3n) is 3.48. The fourth-order valence-corrected chi connectivity index (χ4v) is 3.47. The summed E-state index contributed by atoms with van der Waals surface area (Å²) in [5.41, 5.74) is 2.66. The van der Waals surface area contributed by atoms with E-state index < -0.39 is 0 Å². The van der Waals surface area contributed by atoms with E-state index in [0.29, 0.717) is 11.4 Å². The van der Waals surface area contributed by atoms with Gasteiger partial charge in [-0.1, -0.05) is 18.2 Å². The Kier molecular flexibility index (Phi) is 2.66. The smallest absolute Gasteiger partial charge is 0.119 e. The molecule has 2 heterocycles. The summed E-state index contributed by atoms with van der Waals surface area (Å²) in [6, 6.07) is 8.55. The minimum Gasteiger partial charge on any atom is -0.490 e. The highest BCUT2D eigenvalue weighted by molar-refractivity contribution is 8.04. The van der Waals surface area contributed by atoms with Crippen LogP contribution in [0.4, 0.5) is 0 Å². The van der Waals surface area contributed by atoms with Gasteiger partial charge < -0.3 is 10.1 Å². The van der Waals surface area contributed by atoms with Gasteiger partial charge in [-0.05, 0) is 42.2 Å². The summed E-state index contributed by atoms with van der Waals surface area (Å²) < 4.78 is 5.78. The molecule has 2 aliphatic heterocycles. The van der Waals surface area contributed by atoms with Crippen LogP contribution in [0.25, 0.3) is 0 Å².